The maximum Gasteiger partial charge on any atom is 0.335 e. The van der Waals surface area contributed by atoms with Crippen molar-refractivity contribution in [3.63, 3.8) is 0 Å². The summed E-state index contributed by atoms with van der Waals surface area (Å²) in [6.45, 7) is 1.07. The van der Waals surface area contributed by atoms with Crippen LogP contribution in [0.3, 0.4) is 0 Å². The predicted molar refractivity (Wildman–Crippen MR) is 79.1 cm³/mol. The summed E-state index contributed by atoms with van der Waals surface area (Å²) in [6, 6.07) is 4.65. The topological polar surface area (TPSA) is 61.4 Å². The Hall–Kier alpha value is -1.62. The molecule has 0 radical (unpaired) electrons. The van der Waals surface area contributed by atoms with Gasteiger partial charge >= 0.3 is 5.97 Å². The number of carbonyl (C=O) groups is 1. The highest BCUT2D eigenvalue weighted by Crippen LogP contribution is 2.34. The molecule has 114 valence electrons. The first-order valence-electron chi connectivity index (χ1n) is 7.68. The van der Waals surface area contributed by atoms with Crippen LogP contribution in [0, 0.1) is 11.7 Å². The molecule has 1 heterocycles. The number of halogens is 1. The second kappa shape index (κ2) is 6.02. The molecule has 1 aromatic carbocycles. The summed E-state index contributed by atoms with van der Waals surface area (Å²) >= 11 is 0. The fraction of sp³-hybridized carbons (Fsp3) is 0.562. The van der Waals surface area contributed by atoms with Gasteiger partial charge in [-0.1, -0.05) is 6.42 Å². The predicted octanol–water partition coefficient (Wildman–Crippen LogP) is 2.86. The van der Waals surface area contributed by atoms with Gasteiger partial charge in [-0.2, -0.15) is 0 Å². The van der Waals surface area contributed by atoms with Crippen molar-refractivity contribution < 1.29 is 14.3 Å². The van der Waals surface area contributed by atoms with Crippen molar-refractivity contribution in [3.05, 3.63) is 29.6 Å². The molecular formula is C16H21FN2O2. The molecule has 2 aliphatic rings. The minimum Gasteiger partial charge on any atom is -0.478 e. The highest BCUT2D eigenvalue weighted by atomic mass is 19.1. The zero-order valence-corrected chi connectivity index (χ0v) is 11.9. The number of anilines is 1. The molecule has 1 saturated heterocycles. The first-order chi connectivity index (χ1) is 10.1. The molecule has 5 heteroatoms. The quantitative estimate of drug-likeness (QED) is 0.798. The molecule has 2 fully saturated rings. The van der Waals surface area contributed by atoms with Crippen LogP contribution in [0.1, 0.15) is 42.5 Å². The number of hydrogen-bond acceptors (Lipinski definition) is 3. The molecule has 0 spiro atoms. The molecule has 4 nitrogen and oxygen atoms in total. The molecule has 21 heavy (non-hydrogen) atoms. The zero-order chi connectivity index (χ0) is 14.8. The first kappa shape index (κ1) is 14.3. The number of rotatable bonds is 4. The van der Waals surface area contributed by atoms with Gasteiger partial charge in [-0.3, -0.25) is 0 Å². The van der Waals surface area contributed by atoms with Gasteiger partial charge in [0.25, 0.3) is 0 Å². The highest BCUT2D eigenvalue weighted by molar-refractivity contribution is 5.88. The summed E-state index contributed by atoms with van der Waals surface area (Å²) in [4.78, 5) is 11.0. The summed E-state index contributed by atoms with van der Waals surface area (Å²) in [7, 11) is 0. The standard InChI is InChI=1S/C16H21FN2O2/c17-12-7-6-10(16(20)21)9-15(12)19-14-4-1-3-11(14)13-5-2-8-18-13/h6-7,9,11,13-14,18-19H,1-5,8H2,(H,20,21). The van der Waals surface area contributed by atoms with Crippen molar-refractivity contribution in [2.75, 3.05) is 11.9 Å². The lowest BCUT2D eigenvalue weighted by Gasteiger charge is -2.27. The Morgan fingerprint density at radius 2 is 2.14 bits per heavy atom. The average Bonchev–Trinajstić information content (AvgIpc) is 3.11. The van der Waals surface area contributed by atoms with Gasteiger partial charge < -0.3 is 15.7 Å². The van der Waals surface area contributed by atoms with Crippen molar-refractivity contribution in [3.8, 4) is 0 Å². The molecule has 3 N–H and O–H groups in total. The van der Waals surface area contributed by atoms with Gasteiger partial charge in [0.2, 0.25) is 0 Å². The van der Waals surface area contributed by atoms with Crippen LogP contribution in [-0.2, 0) is 0 Å². The lowest BCUT2D eigenvalue weighted by atomic mass is 9.93. The third-order valence-electron chi connectivity index (χ3n) is 4.74. The lowest BCUT2D eigenvalue weighted by molar-refractivity contribution is 0.0697. The van der Waals surface area contributed by atoms with Crippen LogP contribution in [0.5, 0.6) is 0 Å². The minimum absolute atomic E-state index is 0.118. The van der Waals surface area contributed by atoms with E-state index in [0.29, 0.717) is 17.6 Å². The van der Waals surface area contributed by atoms with E-state index in [0.717, 1.165) is 25.8 Å². The first-order valence-corrected chi connectivity index (χ1v) is 7.68. The summed E-state index contributed by atoms with van der Waals surface area (Å²) in [6.07, 6.45) is 5.69. The smallest absolute Gasteiger partial charge is 0.335 e. The molecule has 1 aliphatic carbocycles. The van der Waals surface area contributed by atoms with Crippen LogP contribution in [0.2, 0.25) is 0 Å². The van der Waals surface area contributed by atoms with E-state index in [4.69, 9.17) is 5.11 Å². The monoisotopic (exact) mass is 292 g/mol. The molecule has 0 bridgehead atoms. The van der Waals surface area contributed by atoms with E-state index in [2.05, 4.69) is 10.6 Å². The number of nitrogens with one attached hydrogen (secondary N) is 2. The number of benzene rings is 1. The third-order valence-corrected chi connectivity index (χ3v) is 4.74. The van der Waals surface area contributed by atoms with Gasteiger partial charge in [0.15, 0.2) is 0 Å². The van der Waals surface area contributed by atoms with Gasteiger partial charge in [0, 0.05) is 12.1 Å². The Morgan fingerprint density at radius 1 is 1.29 bits per heavy atom. The summed E-state index contributed by atoms with van der Waals surface area (Å²) in [5, 5.41) is 15.8. The number of carboxylic acids is 1. The normalized spacial score (nSPS) is 28.7. The van der Waals surface area contributed by atoms with Gasteiger partial charge in [0.1, 0.15) is 5.82 Å². The Morgan fingerprint density at radius 3 is 2.86 bits per heavy atom. The average molecular weight is 292 g/mol. The van der Waals surface area contributed by atoms with Gasteiger partial charge in [-0.15, -0.1) is 0 Å². The summed E-state index contributed by atoms with van der Waals surface area (Å²) in [5.41, 5.74) is 0.428. The largest absolute Gasteiger partial charge is 0.478 e. The van der Waals surface area contributed by atoms with Crippen LogP contribution in [0.25, 0.3) is 0 Å². The maximum absolute atomic E-state index is 13.9. The Bertz CT molecular complexity index is 529. The molecule has 3 atom stereocenters. The molecule has 0 amide bonds. The van der Waals surface area contributed by atoms with Crippen molar-refractivity contribution in [2.45, 2.75) is 44.2 Å². The van der Waals surface area contributed by atoms with Crippen LogP contribution >= 0.6 is 0 Å². The second-order valence-electron chi connectivity index (χ2n) is 6.05. The Kier molecular flexibility index (Phi) is 4.10. The van der Waals surface area contributed by atoms with Crippen molar-refractivity contribution in [1.29, 1.82) is 0 Å². The number of carboxylic acid groups (broad SMARTS) is 1. The molecule has 0 aromatic heterocycles. The van der Waals surface area contributed by atoms with E-state index in [1.807, 2.05) is 0 Å². The van der Waals surface area contributed by atoms with Crippen LogP contribution in [0.4, 0.5) is 10.1 Å². The second-order valence-corrected chi connectivity index (χ2v) is 6.05. The third kappa shape index (κ3) is 3.02. The molecular weight excluding hydrogens is 271 g/mol. The Labute approximate surface area is 123 Å². The summed E-state index contributed by atoms with van der Waals surface area (Å²) < 4.78 is 13.9. The van der Waals surface area contributed by atoms with E-state index in [1.54, 1.807) is 0 Å². The molecule has 3 unspecified atom stereocenters. The fourth-order valence-electron chi connectivity index (χ4n) is 3.70. The SMILES string of the molecule is O=C(O)c1ccc(F)c(NC2CCCC2C2CCCN2)c1. The van der Waals surface area contributed by atoms with E-state index >= 15 is 0 Å². The van der Waals surface area contributed by atoms with Gasteiger partial charge in [0.05, 0.1) is 11.3 Å². The molecule has 1 saturated carbocycles. The van der Waals surface area contributed by atoms with E-state index in [1.165, 1.54) is 31.0 Å². The maximum atomic E-state index is 13.9. The molecule has 1 aliphatic heterocycles. The zero-order valence-electron chi connectivity index (χ0n) is 11.9. The van der Waals surface area contributed by atoms with Gasteiger partial charge in [-0.05, 0) is 56.3 Å². The Balaban J connectivity index is 1.75. The molecule has 3 rings (SSSR count). The van der Waals surface area contributed by atoms with Crippen molar-refractivity contribution in [2.24, 2.45) is 5.92 Å². The summed E-state index contributed by atoms with van der Waals surface area (Å²) in [5.74, 6) is -0.913. The number of hydrogen-bond donors (Lipinski definition) is 3. The fourth-order valence-corrected chi connectivity index (χ4v) is 3.70. The number of aromatic carboxylic acids is 1. The highest BCUT2D eigenvalue weighted by Gasteiger charge is 2.35. The van der Waals surface area contributed by atoms with Gasteiger partial charge in [-0.25, -0.2) is 9.18 Å². The van der Waals surface area contributed by atoms with Crippen molar-refractivity contribution in [1.82, 2.24) is 5.32 Å². The van der Waals surface area contributed by atoms with Crippen LogP contribution < -0.4 is 10.6 Å². The molecule has 1 aromatic rings. The lowest BCUT2D eigenvalue weighted by Crippen LogP contribution is -2.38. The van der Waals surface area contributed by atoms with E-state index < -0.39 is 5.97 Å². The van der Waals surface area contributed by atoms with Crippen LogP contribution in [-0.4, -0.2) is 29.7 Å². The van der Waals surface area contributed by atoms with Crippen molar-refractivity contribution >= 4 is 11.7 Å². The minimum atomic E-state index is -1.03. The van der Waals surface area contributed by atoms with Crippen LogP contribution in [0.15, 0.2) is 18.2 Å². The van der Waals surface area contributed by atoms with E-state index in [9.17, 15) is 9.18 Å². The van der Waals surface area contributed by atoms with E-state index in [-0.39, 0.29) is 17.4 Å².